The van der Waals surface area contributed by atoms with Gasteiger partial charge in [0.25, 0.3) is 0 Å². The van der Waals surface area contributed by atoms with Crippen molar-refractivity contribution >= 4 is 21.8 Å². The van der Waals surface area contributed by atoms with Gasteiger partial charge < -0.3 is 9.47 Å². The largest absolute Gasteiger partial charge is 0.493 e. The van der Waals surface area contributed by atoms with Crippen molar-refractivity contribution in [3.63, 3.8) is 0 Å². The number of Topliss-reactive ketones (excluding diaryl/α,β-unsaturated/α-hetero) is 1. The Balaban J connectivity index is 2.33. The minimum Gasteiger partial charge on any atom is -0.493 e. The minimum atomic E-state index is -3.69. The highest BCUT2D eigenvalue weighted by atomic mass is 32.2. The van der Waals surface area contributed by atoms with Crippen LogP contribution in [0.15, 0.2) is 47.4 Å². The Labute approximate surface area is 164 Å². The van der Waals surface area contributed by atoms with E-state index < -0.39 is 16.0 Å². The monoisotopic (exact) mass is 405 g/mol. The van der Waals surface area contributed by atoms with E-state index in [0.29, 0.717) is 18.7 Å². The lowest BCUT2D eigenvalue weighted by molar-refractivity contribution is 0.0729. The Morgan fingerprint density at radius 1 is 0.964 bits per heavy atom. The molecule has 2 rings (SSSR count). The Bertz CT molecular complexity index is 980. The zero-order valence-corrected chi connectivity index (χ0v) is 17.1. The molecule has 2 aromatic rings. The average molecular weight is 405 g/mol. The molecule has 0 heterocycles. The number of benzene rings is 2. The maximum absolute atomic E-state index is 12.7. The van der Waals surface area contributed by atoms with Gasteiger partial charge in [0.15, 0.2) is 17.3 Å². The van der Waals surface area contributed by atoms with Crippen LogP contribution in [0, 0.1) is 0 Å². The molecule has 0 saturated heterocycles. The number of hydrogen-bond acceptors (Lipinski definition) is 6. The summed E-state index contributed by atoms with van der Waals surface area (Å²) in [4.78, 5) is 24.0. The smallest absolute Gasteiger partial charge is 0.343 e. The molecule has 0 radical (unpaired) electrons. The van der Waals surface area contributed by atoms with E-state index in [0.717, 1.165) is 0 Å². The van der Waals surface area contributed by atoms with Gasteiger partial charge in [0.2, 0.25) is 10.0 Å². The molecule has 0 bridgehead atoms. The standard InChI is InChI=1S/C20H23NO6S/c1-5-21(6-2)28(24,25)17-9-7-8-16(12-17)20(23)27-18-11-10-15(14(3)22)13-19(18)26-4/h7-13H,5-6H2,1-4H3. The summed E-state index contributed by atoms with van der Waals surface area (Å²) in [7, 11) is -2.30. The van der Waals surface area contributed by atoms with E-state index in [1.165, 1.54) is 60.8 Å². The van der Waals surface area contributed by atoms with Gasteiger partial charge >= 0.3 is 5.97 Å². The fourth-order valence-electron chi connectivity index (χ4n) is 2.63. The summed E-state index contributed by atoms with van der Waals surface area (Å²) in [6.45, 7) is 5.56. The number of nitrogens with zero attached hydrogens (tertiary/aromatic N) is 1. The second-order valence-corrected chi connectivity index (χ2v) is 7.87. The highest BCUT2D eigenvalue weighted by Gasteiger charge is 2.23. The summed E-state index contributed by atoms with van der Waals surface area (Å²) < 4.78 is 37.1. The molecule has 0 aliphatic carbocycles. The molecule has 0 amide bonds. The van der Waals surface area contributed by atoms with Crippen LogP contribution >= 0.6 is 0 Å². The summed E-state index contributed by atoms with van der Waals surface area (Å²) in [5, 5.41) is 0. The number of ether oxygens (including phenoxy) is 2. The van der Waals surface area contributed by atoms with Crippen molar-refractivity contribution in [1.29, 1.82) is 0 Å². The number of ketones is 1. The van der Waals surface area contributed by atoms with Crippen LogP contribution in [0.3, 0.4) is 0 Å². The number of carbonyl (C=O) groups is 2. The molecule has 0 atom stereocenters. The minimum absolute atomic E-state index is 0.0181. The second-order valence-electron chi connectivity index (χ2n) is 5.93. The van der Waals surface area contributed by atoms with Crippen LogP contribution in [0.1, 0.15) is 41.5 Å². The fraction of sp³-hybridized carbons (Fsp3) is 0.300. The predicted molar refractivity (Wildman–Crippen MR) is 105 cm³/mol. The lowest BCUT2D eigenvalue weighted by Gasteiger charge is -2.18. The van der Waals surface area contributed by atoms with Gasteiger partial charge in [-0.2, -0.15) is 4.31 Å². The van der Waals surface area contributed by atoms with Gasteiger partial charge in [-0.1, -0.05) is 19.9 Å². The zero-order valence-electron chi connectivity index (χ0n) is 16.3. The summed E-state index contributed by atoms with van der Waals surface area (Å²) in [6.07, 6.45) is 0. The van der Waals surface area contributed by atoms with E-state index >= 15 is 0 Å². The van der Waals surface area contributed by atoms with Gasteiger partial charge in [-0.15, -0.1) is 0 Å². The average Bonchev–Trinajstić information content (AvgIpc) is 2.68. The Kier molecular flexibility index (Phi) is 6.93. The van der Waals surface area contributed by atoms with E-state index in [1.54, 1.807) is 13.8 Å². The fourth-order valence-corrected chi connectivity index (χ4v) is 4.13. The first-order chi connectivity index (χ1) is 13.2. The van der Waals surface area contributed by atoms with Gasteiger partial charge in [-0.05, 0) is 43.3 Å². The first kappa shape index (κ1) is 21.6. The molecule has 0 fully saturated rings. The molecule has 28 heavy (non-hydrogen) atoms. The Morgan fingerprint density at radius 3 is 2.21 bits per heavy atom. The van der Waals surface area contributed by atoms with E-state index in [2.05, 4.69) is 0 Å². The Hall–Kier alpha value is -2.71. The SMILES string of the molecule is CCN(CC)S(=O)(=O)c1cccc(C(=O)Oc2ccc(C(C)=O)cc2OC)c1. The molecular weight excluding hydrogens is 382 g/mol. The number of carbonyl (C=O) groups excluding carboxylic acids is 2. The molecule has 0 aliphatic heterocycles. The third-order valence-electron chi connectivity index (χ3n) is 4.19. The van der Waals surface area contributed by atoms with Crippen molar-refractivity contribution < 1.29 is 27.5 Å². The van der Waals surface area contributed by atoms with Crippen LogP contribution in [-0.2, 0) is 10.0 Å². The quantitative estimate of drug-likeness (QED) is 0.381. The van der Waals surface area contributed by atoms with Crippen LogP contribution < -0.4 is 9.47 Å². The molecule has 0 aromatic heterocycles. The number of sulfonamides is 1. The number of hydrogen-bond donors (Lipinski definition) is 0. The summed E-state index contributed by atoms with van der Waals surface area (Å²) in [5.41, 5.74) is 0.509. The second kappa shape index (κ2) is 8.99. The number of methoxy groups -OCH3 is 1. The normalized spacial score (nSPS) is 11.3. The molecular formula is C20H23NO6S. The molecule has 0 aliphatic rings. The van der Waals surface area contributed by atoms with Gasteiger partial charge in [-0.3, -0.25) is 4.79 Å². The molecule has 0 unspecified atom stereocenters. The van der Waals surface area contributed by atoms with E-state index in [-0.39, 0.29) is 27.7 Å². The lowest BCUT2D eigenvalue weighted by Crippen LogP contribution is -2.30. The lowest BCUT2D eigenvalue weighted by atomic mass is 10.1. The van der Waals surface area contributed by atoms with Crippen LogP contribution in [0.25, 0.3) is 0 Å². The van der Waals surface area contributed by atoms with Crippen LogP contribution in [0.2, 0.25) is 0 Å². The van der Waals surface area contributed by atoms with Gasteiger partial charge in [0.05, 0.1) is 17.6 Å². The van der Waals surface area contributed by atoms with Crippen molar-refractivity contribution in [2.24, 2.45) is 0 Å². The van der Waals surface area contributed by atoms with Crippen molar-refractivity contribution in [3.05, 3.63) is 53.6 Å². The zero-order chi connectivity index (χ0) is 20.9. The highest BCUT2D eigenvalue weighted by molar-refractivity contribution is 7.89. The maximum Gasteiger partial charge on any atom is 0.343 e. The highest BCUT2D eigenvalue weighted by Crippen LogP contribution is 2.29. The molecule has 0 N–H and O–H groups in total. The Morgan fingerprint density at radius 2 is 1.64 bits per heavy atom. The summed E-state index contributed by atoms with van der Waals surface area (Å²) in [6, 6.07) is 10.1. The maximum atomic E-state index is 12.7. The van der Waals surface area contributed by atoms with E-state index in [9.17, 15) is 18.0 Å². The van der Waals surface area contributed by atoms with Crippen molar-refractivity contribution in [3.8, 4) is 11.5 Å². The van der Waals surface area contributed by atoms with Crippen LogP contribution in [0.5, 0.6) is 11.5 Å². The first-order valence-corrected chi connectivity index (χ1v) is 10.2. The summed E-state index contributed by atoms with van der Waals surface area (Å²) in [5.74, 6) is -0.515. The van der Waals surface area contributed by atoms with Crippen molar-refractivity contribution in [1.82, 2.24) is 4.31 Å². The van der Waals surface area contributed by atoms with E-state index in [4.69, 9.17) is 9.47 Å². The number of esters is 1. The van der Waals surface area contributed by atoms with Gasteiger partial charge in [0, 0.05) is 18.7 Å². The first-order valence-electron chi connectivity index (χ1n) is 8.75. The van der Waals surface area contributed by atoms with Crippen LogP contribution in [0.4, 0.5) is 0 Å². The molecule has 0 saturated carbocycles. The third kappa shape index (κ3) is 4.58. The topological polar surface area (TPSA) is 90.0 Å². The van der Waals surface area contributed by atoms with E-state index in [1.807, 2.05) is 0 Å². The molecule has 8 heteroatoms. The van der Waals surface area contributed by atoms with Crippen molar-refractivity contribution in [2.45, 2.75) is 25.7 Å². The third-order valence-corrected chi connectivity index (χ3v) is 6.23. The molecule has 0 spiro atoms. The van der Waals surface area contributed by atoms with Crippen LogP contribution in [-0.4, -0.2) is 44.7 Å². The van der Waals surface area contributed by atoms with Gasteiger partial charge in [-0.25, -0.2) is 13.2 Å². The predicted octanol–water partition coefficient (Wildman–Crippen LogP) is 3.15. The van der Waals surface area contributed by atoms with Gasteiger partial charge in [0.1, 0.15) is 0 Å². The molecule has 7 nitrogen and oxygen atoms in total. The molecule has 150 valence electrons. The van der Waals surface area contributed by atoms with Crippen molar-refractivity contribution in [2.75, 3.05) is 20.2 Å². The summed E-state index contributed by atoms with van der Waals surface area (Å²) >= 11 is 0. The molecule has 2 aromatic carbocycles. The number of rotatable bonds is 8.